The summed E-state index contributed by atoms with van der Waals surface area (Å²) in [5, 5.41) is 7.38. The summed E-state index contributed by atoms with van der Waals surface area (Å²) in [5.74, 6) is 0.0185. The minimum absolute atomic E-state index is 0.0265. The standard InChI is InChI=1S/C16H20FN7O/c17-12-7-18-15(19-8-12)23-10-13-3-4-21-24(13)14(11-23)9-20-16(25)22-5-1-2-6-22/h3-4,7-8,14H,1-2,5-6,9-11H2,(H,20,25). The number of rotatable bonds is 3. The fraction of sp³-hybridized carbons (Fsp3) is 0.500. The predicted octanol–water partition coefficient (Wildman–Crippen LogP) is 1.18. The second-order valence-electron chi connectivity index (χ2n) is 6.38. The van der Waals surface area contributed by atoms with Crippen LogP contribution in [0.3, 0.4) is 0 Å². The summed E-state index contributed by atoms with van der Waals surface area (Å²) < 4.78 is 15.0. The molecule has 0 aromatic carbocycles. The summed E-state index contributed by atoms with van der Waals surface area (Å²) in [6.07, 6.45) is 6.21. The highest BCUT2D eigenvalue weighted by molar-refractivity contribution is 5.74. The van der Waals surface area contributed by atoms with Crippen LogP contribution in [-0.2, 0) is 6.54 Å². The highest BCUT2D eigenvalue weighted by Crippen LogP contribution is 2.23. The Morgan fingerprint density at radius 2 is 2.04 bits per heavy atom. The fourth-order valence-corrected chi connectivity index (χ4v) is 3.40. The van der Waals surface area contributed by atoms with Crippen LogP contribution in [0.4, 0.5) is 15.1 Å². The summed E-state index contributed by atoms with van der Waals surface area (Å²) >= 11 is 0. The van der Waals surface area contributed by atoms with Gasteiger partial charge in [-0.3, -0.25) is 4.68 Å². The van der Waals surface area contributed by atoms with Crippen LogP contribution < -0.4 is 10.2 Å². The summed E-state index contributed by atoms with van der Waals surface area (Å²) in [6.45, 7) is 3.31. The molecule has 2 amide bonds. The maximum atomic E-state index is 13.1. The normalized spacial score (nSPS) is 19.8. The van der Waals surface area contributed by atoms with E-state index in [0.29, 0.717) is 25.6 Å². The molecule has 0 spiro atoms. The van der Waals surface area contributed by atoms with Crippen LogP contribution in [0.15, 0.2) is 24.7 Å². The maximum absolute atomic E-state index is 13.1. The SMILES string of the molecule is O=C(NCC1CN(c2ncc(F)cn2)Cc2ccnn21)N1CCCC1. The third-order valence-corrected chi connectivity index (χ3v) is 4.65. The van der Waals surface area contributed by atoms with Crippen molar-refractivity contribution in [3.63, 3.8) is 0 Å². The number of carbonyl (C=O) groups is 1. The monoisotopic (exact) mass is 345 g/mol. The largest absolute Gasteiger partial charge is 0.336 e. The van der Waals surface area contributed by atoms with E-state index in [2.05, 4.69) is 20.4 Å². The van der Waals surface area contributed by atoms with E-state index in [0.717, 1.165) is 31.6 Å². The van der Waals surface area contributed by atoms with E-state index in [1.807, 2.05) is 20.5 Å². The van der Waals surface area contributed by atoms with E-state index in [4.69, 9.17) is 0 Å². The third-order valence-electron chi connectivity index (χ3n) is 4.65. The number of hydrogen-bond acceptors (Lipinski definition) is 5. The lowest BCUT2D eigenvalue weighted by molar-refractivity contribution is 0.206. The molecule has 132 valence electrons. The van der Waals surface area contributed by atoms with Crippen LogP contribution in [-0.4, -0.2) is 56.9 Å². The van der Waals surface area contributed by atoms with E-state index in [-0.39, 0.29) is 12.1 Å². The lowest BCUT2D eigenvalue weighted by Gasteiger charge is -2.34. The first kappa shape index (κ1) is 15.8. The lowest BCUT2D eigenvalue weighted by atomic mass is 10.2. The fourth-order valence-electron chi connectivity index (χ4n) is 3.40. The van der Waals surface area contributed by atoms with Gasteiger partial charge in [0, 0.05) is 32.4 Å². The number of amides is 2. The molecule has 0 radical (unpaired) electrons. The Bertz CT molecular complexity index is 741. The average molecular weight is 345 g/mol. The summed E-state index contributed by atoms with van der Waals surface area (Å²) in [6, 6.07) is 1.88. The zero-order valence-electron chi connectivity index (χ0n) is 13.8. The number of fused-ring (bicyclic) bond motifs is 1. The minimum atomic E-state index is -0.458. The molecular formula is C16H20FN7O. The van der Waals surface area contributed by atoms with Crippen molar-refractivity contribution >= 4 is 12.0 Å². The molecule has 2 aromatic heterocycles. The molecular weight excluding hydrogens is 325 g/mol. The third kappa shape index (κ3) is 3.26. The highest BCUT2D eigenvalue weighted by Gasteiger charge is 2.28. The van der Waals surface area contributed by atoms with E-state index in [1.54, 1.807) is 6.20 Å². The van der Waals surface area contributed by atoms with Gasteiger partial charge >= 0.3 is 6.03 Å². The molecule has 2 aliphatic heterocycles. The molecule has 0 aliphatic carbocycles. The minimum Gasteiger partial charge on any atom is -0.336 e. The average Bonchev–Trinajstić information content (AvgIpc) is 3.31. The zero-order chi connectivity index (χ0) is 17.2. The molecule has 0 saturated carbocycles. The molecule has 2 aromatic rings. The quantitative estimate of drug-likeness (QED) is 0.904. The van der Waals surface area contributed by atoms with Gasteiger partial charge in [0.1, 0.15) is 0 Å². The number of nitrogens with zero attached hydrogens (tertiary/aromatic N) is 6. The smallest absolute Gasteiger partial charge is 0.317 e. The number of hydrogen-bond donors (Lipinski definition) is 1. The van der Waals surface area contributed by atoms with Crippen molar-refractivity contribution < 1.29 is 9.18 Å². The van der Waals surface area contributed by atoms with Crippen LogP contribution in [0.25, 0.3) is 0 Å². The summed E-state index contributed by atoms with van der Waals surface area (Å²) in [7, 11) is 0. The van der Waals surface area contributed by atoms with Crippen LogP contribution in [0.1, 0.15) is 24.6 Å². The first-order valence-corrected chi connectivity index (χ1v) is 8.48. The number of likely N-dealkylation sites (tertiary alicyclic amines) is 1. The van der Waals surface area contributed by atoms with Crippen molar-refractivity contribution in [2.75, 3.05) is 31.1 Å². The second-order valence-corrected chi connectivity index (χ2v) is 6.38. The molecule has 1 atom stereocenters. The molecule has 4 heterocycles. The molecule has 1 saturated heterocycles. The maximum Gasteiger partial charge on any atom is 0.317 e. The van der Waals surface area contributed by atoms with Crippen molar-refractivity contribution in [3.05, 3.63) is 36.2 Å². The highest BCUT2D eigenvalue weighted by atomic mass is 19.1. The second kappa shape index (κ2) is 6.66. The number of carbonyl (C=O) groups excluding carboxylic acids is 1. The Balaban J connectivity index is 1.47. The number of urea groups is 1. The summed E-state index contributed by atoms with van der Waals surface area (Å²) in [5.41, 5.74) is 1.01. The Hall–Kier alpha value is -2.71. The van der Waals surface area contributed by atoms with Gasteiger partial charge in [-0.15, -0.1) is 0 Å². The Kier molecular flexibility index (Phi) is 4.21. The first-order valence-electron chi connectivity index (χ1n) is 8.48. The molecule has 1 fully saturated rings. The van der Waals surface area contributed by atoms with Crippen LogP contribution >= 0.6 is 0 Å². The zero-order valence-corrected chi connectivity index (χ0v) is 13.8. The molecule has 4 rings (SSSR count). The number of nitrogens with one attached hydrogen (secondary N) is 1. The van der Waals surface area contributed by atoms with E-state index in [9.17, 15) is 9.18 Å². The van der Waals surface area contributed by atoms with E-state index < -0.39 is 5.82 Å². The Labute approximate surface area is 144 Å². The number of anilines is 1. The lowest BCUT2D eigenvalue weighted by Crippen LogP contribution is -2.46. The molecule has 2 aliphatic rings. The summed E-state index contributed by atoms with van der Waals surface area (Å²) in [4.78, 5) is 24.2. The predicted molar refractivity (Wildman–Crippen MR) is 88.5 cm³/mol. The van der Waals surface area contributed by atoms with Gasteiger partial charge in [-0.1, -0.05) is 0 Å². The van der Waals surface area contributed by atoms with Gasteiger partial charge in [0.05, 0.1) is 30.7 Å². The van der Waals surface area contributed by atoms with Gasteiger partial charge in [-0.2, -0.15) is 5.10 Å². The first-order chi connectivity index (χ1) is 12.2. The van der Waals surface area contributed by atoms with Gasteiger partial charge in [0.15, 0.2) is 5.82 Å². The van der Waals surface area contributed by atoms with E-state index in [1.165, 1.54) is 12.4 Å². The van der Waals surface area contributed by atoms with Crippen molar-refractivity contribution in [2.24, 2.45) is 0 Å². The Morgan fingerprint density at radius 1 is 1.28 bits per heavy atom. The van der Waals surface area contributed by atoms with Gasteiger partial charge in [-0.25, -0.2) is 19.2 Å². The van der Waals surface area contributed by atoms with Crippen LogP contribution in [0.5, 0.6) is 0 Å². The van der Waals surface area contributed by atoms with Crippen molar-refractivity contribution in [1.82, 2.24) is 30.0 Å². The van der Waals surface area contributed by atoms with Gasteiger partial charge in [0.25, 0.3) is 0 Å². The van der Waals surface area contributed by atoms with Crippen LogP contribution in [0.2, 0.25) is 0 Å². The van der Waals surface area contributed by atoms with E-state index >= 15 is 0 Å². The number of halogens is 1. The van der Waals surface area contributed by atoms with Gasteiger partial charge < -0.3 is 15.1 Å². The van der Waals surface area contributed by atoms with Crippen LogP contribution in [0, 0.1) is 5.82 Å². The Morgan fingerprint density at radius 3 is 2.80 bits per heavy atom. The molecule has 1 unspecified atom stereocenters. The van der Waals surface area contributed by atoms with Gasteiger partial charge in [0.2, 0.25) is 5.95 Å². The number of aromatic nitrogens is 4. The molecule has 9 heteroatoms. The molecule has 25 heavy (non-hydrogen) atoms. The van der Waals surface area contributed by atoms with Crippen molar-refractivity contribution in [3.8, 4) is 0 Å². The molecule has 1 N–H and O–H groups in total. The van der Waals surface area contributed by atoms with Crippen molar-refractivity contribution in [2.45, 2.75) is 25.4 Å². The topological polar surface area (TPSA) is 79.2 Å². The van der Waals surface area contributed by atoms with Crippen molar-refractivity contribution in [1.29, 1.82) is 0 Å². The van der Waals surface area contributed by atoms with Gasteiger partial charge in [-0.05, 0) is 18.9 Å². The molecule has 0 bridgehead atoms. The molecule has 8 nitrogen and oxygen atoms in total.